The van der Waals surface area contributed by atoms with Crippen LogP contribution in [0, 0.1) is 27.7 Å². The van der Waals surface area contributed by atoms with Crippen LogP contribution in [0.4, 0.5) is 5.95 Å². The lowest BCUT2D eigenvalue weighted by atomic mass is 9.99. The van der Waals surface area contributed by atoms with Crippen LogP contribution in [-0.2, 0) is 12.8 Å². The van der Waals surface area contributed by atoms with E-state index in [1.54, 1.807) is 0 Å². The van der Waals surface area contributed by atoms with Crippen molar-refractivity contribution in [3.05, 3.63) is 91.5 Å². The highest BCUT2D eigenvalue weighted by atomic mass is 16.1. The Balaban J connectivity index is 1.84. The zero-order valence-electron chi connectivity index (χ0n) is 17.7. The molecule has 0 saturated heterocycles. The van der Waals surface area contributed by atoms with Crippen molar-refractivity contribution < 1.29 is 0 Å². The second-order valence-electron chi connectivity index (χ2n) is 7.93. The van der Waals surface area contributed by atoms with Crippen LogP contribution in [0.1, 0.15) is 44.8 Å². The van der Waals surface area contributed by atoms with Crippen molar-refractivity contribution in [2.45, 2.75) is 40.5 Å². The maximum Gasteiger partial charge on any atom is 0.280 e. The van der Waals surface area contributed by atoms with E-state index in [4.69, 9.17) is 10.7 Å². The maximum absolute atomic E-state index is 12.4. The molecule has 4 aromatic rings. The normalized spacial score (nSPS) is 11.2. The van der Waals surface area contributed by atoms with Gasteiger partial charge in [-0.15, -0.1) is 0 Å². The van der Waals surface area contributed by atoms with Crippen LogP contribution in [0.5, 0.6) is 0 Å². The van der Waals surface area contributed by atoms with E-state index in [0.29, 0.717) is 12.8 Å². The maximum atomic E-state index is 12.4. The summed E-state index contributed by atoms with van der Waals surface area (Å²) in [5.74, 6) is 0.0424. The lowest BCUT2D eigenvalue weighted by molar-refractivity contribution is 0.949. The Morgan fingerprint density at radius 2 is 1.30 bits per heavy atom. The van der Waals surface area contributed by atoms with E-state index in [-0.39, 0.29) is 22.7 Å². The fourth-order valence-electron chi connectivity index (χ4n) is 3.54. The molecule has 3 N–H and O–H groups in total. The van der Waals surface area contributed by atoms with Gasteiger partial charge in [-0.1, -0.05) is 36.4 Å². The quantitative estimate of drug-likeness (QED) is 0.545. The summed E-state index contributed by atoms with van der Waals surface area (Å²) < 4.78 is 0. The zero-order chi connectivity index (χ0) is 21.4. The summed E-state index contributed by atoms with van der Waals surface area (Å²) in [5, 5.41) is 0. The molecule has 0 radical (unpaired) electrons. The van der Waals surface area contributed by atoms with E-state index in [2.05, 4.69) is 79.0 Å². The van der Waals surface area contributed by atoms with Crippen LogP contribution >= 0.6 is 0 Å². The summed E-state index contributed by atoms with van der Waals surface area (Å²) in [7, 11) is 0. The third-order valence-corrected chi connectivity index (χ3v) is 5.60. The number of H-pyrrole nitrogens is 1. The minimum atomic E-state index is -0.371. The van der Waals surface area contributed by atoms with Crippen LogP contribution < -0.4 is 11.3 Å². The predicted octanol–water partition coefficient (Wildman–Crippen LogP) is 3.71. The number of benzene rings is 2. The van der Waals surface area contributed by atoms with Crippen LogP contribution in [0.25, 0.3) is 11.2 Å². The van der Waals surface area contributed by atoms with Gasteiger partial charge in [0.25, 0.3) is 5.56 Å². The second kappa shape index (κ2) is 7.71. The SMILES string of the molecule is Cc1ccc(Cc2nc3nc(N)[nH]c(=O)c3nc2Cc2ccc(C)c(C)c2)cc1C. The summed E-state index contributed by atoms with van der Waals surface area (Å²) in [4.78, 5) is 28.5. The summed E-state index contributed by atoms with van der Waals surface area (Å²) in [5.41, 5.74) is 14.7. The van der Waals surface area contributed by atoms with E-state index in [1.165, 1.54) is 22.3 Å². The smallest absolute Gasteiger partial charge is 0.280 e. The summed E-state index contributed by atoms with van der Waals surface area (Å²) >= 11 is 0. The van der Waals surface area contributed by atoms with Crippen molar-refractivity contribution in [2.24, 2.45) is 0 Å². The van der Waals surface area contributed by atoms with Gasteiger partial charge in [0.1, 0.15) is 0 Å². The highest BCUT2D eigenvalue weighted by Crippen LogP contribution is 2.20. The lowest BCUT2D eigenvalue weighted by Gasteiger charge is -2.12. The highest BCUT2D eigenvalue weighted by Gasteiger charge is 2.15. The number of nitrogens with one attached hydrogen (secondary N) is 1. The Morgan fingerprint density at radius 3 is 1.83 bits per heavy atom. The van der Waals surface area contributed by atoms with Crippen molar-refractivity contribution >= 4 is 17.1 Å². The molecular weight excluding hydrogens is 374 g/mol. The van der Waals surface area contributed by atoms with Gasteiger partial charge in [0.15, 0.2) is 11.2 Å². The Morgan fingerprint density at radius 1 is 0.767 bits per heavy atom. The fourth-order valence-corrected chi connectivity index (χ4v) is 3.54. The van der Waals surface area contributed by atoms with Crippen molar-refractivity contribution in [2.75, 3.05) is 5.73 Å². The van der Waals surface area contributed by atoms with Gasteiger partial charge < -0.3 is 5.73 Å². The zero-order valence-corrected chi connectivity index (χ0v) is 17.7. The number of hydrogen-bond acceptors (Lipinski definition) is 5. The minimum Gasteiger partial charge on any atom is -0.369 e. The molecule has 0 atom stereocenters. The average molecular weight is 399 g/mol. The molecule has 0 fully saturated rings. The van der Waals surface area contributed by atoms with Crippen LogP contribution in [0.15, 0.2) is 41.2 Å². The number of rotatable bonds is 4. The predicted molar refractivity (Wildman–Crippen MR) is 120 cm³/mol. The van der Waals surface area contributed by atoms with Crippen molar-refractivity contribution in [3.8, 4) is 0 Å². The number of hydrogen-bond donors (Lipinski definition) is 2. The van der Waals surface area contributed by atoms with Gasteiger partial charge in [0, 0.05) is 12.8 Å². The number of anilines is 1. The minimum absolute atomic E-state index is 0.0424. The molecule has 152 valence electrons. The molecule has 0 amide bonds. The molecule has 0 aliphatic rings. The first-order chi connectivity index (χ1) is 14.3. The molecule has 0 bridgehead atoms. The van der Waals surface area contributed by atoms with Gasteiger partial charge >= 0.3 is 0 Å². The standard InChI is InChI=1S/C24H25N5O/c1-13-5-7-17(9-15(13)3)11-19-20(12-18-8-6-14(2)16(4)10-18)27-22-21(26-19)23(30)29-24(25)28-22/h5-10H,11-12H2,1-4H3,(H3,25,27,28,29,30). The van der Waals surface area contributed by atoms with Crippen molar-refractivity contribution in [3.63, 3.8) is 0 Å². The third-order valence-electron chi connectivity index (χ3n) is 5.60. The summed E-state index contributed by atoms with van der Waals surface area (Å²) in [6.07, 6.45) is 1.20. The van der Waals surface area contributed by atoms with Gasteiger partial charge in [-0.05, 0) is 61.1 Å². The first kappa shape index (κ1) is 19.8. The highest BCUT2D eigenvalue weighted by molar-refractivity contribution is 5.70. The molecule has 0 spiro atoms. The van der Waals surface area contributed by atoms with Gasteiger partial charge in [0.05, 0.1) is 11.4 Å². The number of aromatic nitrogens is 4. The molecule has 6 nitrogen and oxygen atoms in total. The average Bonchev–Trinajstić information content (AvgIpc) is 2.68. The molecule has 0 aliphatic heterocycles. The number of nitrogens with zero attached hydrogens (tertiary/aromatic N) is 3. The van der Waals surface area contributed by atoms with E-state index in [1.807, 2.05) is 0 Å². The Hall–Kier alpha value is -3.54. The van der Waals surface area contributed by atoms with Gasteiger partial charge in [-0.25, -0.2) is 9.97 Å². The molecule has 30 heavy (non-hydrogen) atoms. The van der Waals surface area contributed by atoms with Crippen LogP contribution in [0.2, 0.25) is 0 Å². The topological polar surface area (TPSA) is 97.5 Å². The van der Waals surface area contributed by atoms with E-state index >= 15 is 0 Å². The molecule has 2 heterocycles. The molecule has 2 aromatic heterocycles. The van der Waals surface area contributed by atoms with Gasteiger partial charge in [-0.3, -0.25) is 9.78 Å². The van der Waals surface area contributed by atoms with Gasteiger partial charge in [0.2, 0.25) is 5.95 Å². The summed E-state index contributed by atoms with van der Waals surface area (Å²) in [6, 6.07) is 12.8. The van der Waals surface area contributed by atoms with E-state index in [9.17, 15) is 4.79 Å². The lowest BCUT2D eigenvalue weighted by Crippen LogP contribution is -2.16. The first-order valence-corrected chi connectivity index (χ1v) is 9.97. The largest absolute Gasteiger partial charge is 0.369 e. The molecule has 0 aliphatic carbocycles. The number of nitrogen functional groups attached to an aromatic ring is 1. The molecular formula is C24H25N5O. The van der Waals surface area contributed by atoms with E-state index in [0.717, 1.165) is 22.5 Å². The summed E-state index contributed by atoms with van der Waals surface area (Å²) in [6.45, 7) is 8.38. The fraction of sp³-hybridized carbons (Fsp3) is 0.250. The van der Waals surface area contributed by atoms with Crippen LogP contribution in [-0.4, -0.2) is 19.9 Å². The Kier molecular flexibility index (Phi) is 5.08. The number of aromatic amines is 1. The number of nitrogens with two attached hydrogens (primary N) is 1. The van der Waals surface area contributed by atoms with E-state index < -0.39 is 0 Å². The Bertz CT molecular complexity index is 1320. The Labute approximate surface area is 175 Å². The van der Waals surface area contributed by atoms with Crippen molar-refractivity contribution in [1.29, 1.82) is 0 Å². The molecule has 0 unspecified atom stereocenters. The number of aryl methyl sites for hydroxylation is 4. The number of fused-ring (bicyclic) bond motifs is 1. The monoisotopic (exact) mass is 399 g/mol. The van der Waals surface area contributed by atoms with Crippen molar-refractivity contribution in [1.82, 2.24) is 19.9 Å². The first-order valence-electron chi connectivity index (χ1n) is 9.97. The third kappa shape index (κ3) is 3.94. The molecule has 6 heteroatoms. The van der Waals surface area contributed by atoms with Crippen LogP contribution in [0.3, 0.4) is 0 Å². The molecule has 4 rings (SSSR count). The second-order valence-corrected chi connectivity index (χ2v) is 7.93. The molecule has 2 aromatic carbocycles. The van der Waals surface area contributed by atoms with Gasteiger partial charge in [-0.2, -0.15) is 4.98 Å². The molecule has 0 saturated carbocycles.